The Morgan fingerprint density at radius 1 is 0.938 bits per heavy atom. The van der Waals surface area contributed by atoms with Gasteiger partial charge in [0, 0.05) is 6.04 Å². The van der Waals surface area contributed by atoms with Crippen molar-refractivity contribution >= 4 is 0 Å². The highest BCUT2D eigenvalue weighted by atomic mass is 14.9. The molecule has 2 unspecified atom stereocenters. The lowest BCUT2D eigenvalue weighted by atomic mass is 9.76. The van der Waals surface area contributed by atoms with Crippen molar-refractivity contribution in [3.8, 4) is 0 Å². The maximum Gasteiger partial charge on any atom is 0.00699 e. The molecule has 2 aliphatic rings. The first-order chi connectivity index (χ1) is 7.79. The molecule has 1 heteroatoms. The molecule has 0 aliphatic heterocycles. The van der Waals surface area contributed by atoms with E-state index >= 15 is 0 Å². The molecule has 2 rings (SSSR count). The molecule has 0 amide bonds. The summed E-state index contributed by atoms with van der Waals surface area (Å²) in [4.78, 5) is 0. The monoisotopic (exact) mass is 223 g/mol. The summed E-state index contributed by atoms with van der Waals surface area (Å²) in [5.74, 6) is 3.14. The Bertz CT molecular complexity index is 194. The van der Waals surface area contributed by atoms with E-state index in [1.165, 1.54) is 57.9 Å². The molecule has 1 N–H and O–H groups in total. The van der Waals surface area contributed by atoms with Crippen LogP contribution in [0.1, 0.15) is 65.2 Å². The third-order valence-electron chi connectivity index (χ3n) is 4.88. The average Bonchev–Trinajstić information content (AvgIpc) is 2.76. The normalized spacial score (nSPS) is 40.1. The average molecular weight is 223 g/mol. The number of hydrogen-bond donors (Lipinski definition) is 1. The maximum absolute atomic E-state index is 3.71. The SMILES string of the molecule is CCCNC1CCC(C2CCC(C)CC2)C1. The Morgan fingerprint density at radius 2 is 1.62 bits per heavy atom. The van der Waals surface area contributed by atoms with Crippen molar-refractivity contribution in [2.75, 3.05) is 6.54 Å². The quantitative estimate of drug-likeness (QED) is 0.760. The van der Waals surface area contributed by atoms with Gasteiger partial charge < -0.3 is 5.32 Å². The molecule has 2 fully saturated rings. The van der Waals surface area contributed by atoms with Crippen molar-refractivity contribution in [3.63, 3.8) is 0 Å². The second-order valence-corrected chi connectivity index (χ2v) is 6.24. The van der Waals surface area contributed by atoms with E-state index < -0.39 is 0 Å². The molecule has 94 valence electrons. The van der Waals surface area contributed by atoms with Gasteiger partial charge in [0.05, 0.1) is 0 Å². The van der Waals surface area contributed by atoms with Crippen LogP contribution in [0.5, 0.6) is 0 Å². The largest absolute Gasteiger partial charge is 0.314 e. The predicted octanol–water partition coefficient (Wildman–Crippen LogP) is 3.98. The lowest BCUT2D eigenvalue weighted by molar-refractivity contribution is 0.212. The van der Waals surface area contributed by atoms with Gasteiger partial charge in [-0.1, -0.05) is 26.7 Å². The first-order valence-electron chi connectivity index (χ1n) is 7.53. The van der Waals surface area contributed by atoms with Crippen LogP contribution in [0.25, 0.3) is 0 Å². The molecule has 0 radical (unpaired) electrons. The lowest BCUT2D eigenvalue weighted by Gasteiger charge is -2.30. The first-order valence-corrected chi connectivity index (χ1v) is 7.53. The van der Waals surface area contributed by atoms with E-state index in [9.17, 15) is 0 Å². The molecular formula is C15H29N. The van der Waals surface area contributed by atoms with Crippen LogP contribution >= 0.6 is 0 Å². The van der Waals surface area contributed by atoms with Gasteiger partial charge in [-0.3, -0.25) is 0 Å². The van der Waals surface area contributed by atoms with E-state index in [-0.39, 0.29) is 0 Å². The Hall–Kier alpha value is -0.0400. The zero-order valence-electron chi connectivity index (χ0n) is 11.2. The van der Waals surface area contributed by atoms with Crippen LogP contribution in [-0.2, 0) is 0 Å². The Kier molecular flexibility index (Phi) is 4.69. The van der Waals surface area contributed by atoms with Gasteiger partial charge in [0.1, 0.15) is 0 Å². The molecule has 0 aromatic carbocycles. The van der Waals surface area contributed by atoms with Crippen LogP contribution < -0.4 is 5.32 Å². The second-order valence-electron chi connectivity index (χ2n) is 6.24. The van der Waals surface area contributed by atoms with Gasteiger partial charge in [-0.25, -0.2) is 0 Å². The molecule has 2 aliphatic carbocycles. The minimum atomic E-state index is 0.851. The summed E-state index contributed by atoms with van der Waals surface area (Å²) < 4.78 is 0. The number of rotatable bonds is 4. The van der Waals surface area contributed by atoms with Crippen LogP contribution in [0.15, 0.2) is 0 Å². The topological polar surface area (TPSA) is 12.0 Å². The van der Waals surface area contributed by atoms with Gasteiger partial charge in [-0.05, 0) is 62.8 Å². The Labute approximate surface area is 101 Å². The van der Waals surface area contributed by atoms with Gasteiger partial charge >= 0.3 is 0 Å². The highest BCUT2D eigenvalue weighted by molar-refractivity contribution is 4.86. The Morgan fingerprint density at radius 3 is 2.31 bits per heavy atom. The van der Waals surface area contributed by atoms with Crippen molar-refractivity contribution in [1.29, 1.82) is 0 Å². The summed E-state index contributed by atoms with van der Waals surface area (Å²) in [6.07, 6.45) is 11.7. The minimum Gasteiger partial charge on any atom is -0.314 e. The molecular weight excluding hydrogens is 194 g/mol. The zero-order chi connectivity index (χ0) is 11.4. The zero-order valence-corrected chi connectivity index (χ0v) is 11.2. The molecule has 0 aromatic rings. The summed E-state index contributed by atoms with van der Waals surface area (Å²) in [6.45, 7) is 5.91. The fourth-order valence-electron chi connectivity index (χ4n) is 3.74. The van der Waals surface area contributed by atoms with Gasteiger partial charge in [0.25, 0.3) is 0 Å². The fourth-order valence-corrected chi connectivity index (χ4v) is 3.74. The number of hydrogen-bond acceptors (Lipinski definition) is 1. The molecule has 0 aromatic heterocycles. The summed E-state index contributed by atoms with van der Waals surface area (Å²) >= 11 is 0. The van der Waals surface area contributed by atoms with Crippen LogP contribution in [0, 0.1) is 17.8 Å². The summed E-state index contributed by atoms with van der Waals surface area (Å²) in [7, 11) is 0. The minimum absolute atomic E-state index is 0.851. The van der Waals surface area contributed by atoms with Crippen LogP contribution in [0.2, 0.25) is 0 Å². The van der Waals surface area contributed by atoms with Crippen LogP contribution in [-0.4, -0.2) is 12.6 Å². The molecule has 2 saturated carbocycles. The van der Waals surface area contributed by atoms with E-state index in [0.29, 0.717) is 0 Å². The molecule has 0 bridgehead atoms. The van der Waals surface area contributed by atoms with Crippen molar-refractivity contribution in [1.82, 2.24) is 5.32 Å². The third kappa shape index (κ3) is 3.23. The third-order valence-corrected chi connectivity index (χ3v) is 4.88. The van der Waals surface area contributed by atoms with Gasteiger partial charge in [0.15, 0.2) is 0 Å². The van der Waals surface area contributed by atoms with E-state index in [1.54, 1.807) is 0 Å². The van der Waals surface area contributed by atoms with Gasteiger partial charge in [0.2, 0.25) is 0 Å². The van der Waals surface area contributed by atoms with Gasteiger partial charge in [-0.15, -0.1) is 0 Å². The van der Waals surface area contributed by atoms with Crippen molar-refractivity contribution in [2.45, 2.75) is 71.3 Å². The summed E-state index contributed by atoms with van der Waals surface area (Å²) in [5.41, 5.74) is 0. The molecule has 16 heavy (non-hydrogen) atoms. The molecule has 0 saturated heterocycles. The highest BCUT2D eigenvalue weighted by Crippen LogP contribution is 2.40. The lowest BCUT2D eigenvalue weighted by Crippen LogP contribution is -2.28. The number of nitrogens with one attached hydrogen (secondary N) is 1. The second kappa shape index (κ2) is 6.05. The van der Waals surface area contributed by atoms with E-state index in [1.807, 2.05) is 0 Å². The van der Waals surface area contributed by atoms with Crippen molar-refractivity contribution in [2.24, 2.45) is 17.8 Å². The molecule has 0 heterocycles. The first kappa shape index (κ1) is 12.4. The van der Waals surface area contributed by atoms with Crippen LogP contribution in [0.4, 0.5) is 0 Å². The van der Waals surface area contributed by atoms with Crippen LogP contribution in [0.3, 0.4) is 0 Å². The summed E-state index contributed by atoms with van der Waals surface area (Å²) in [6, 6.07) is 0.851. The van der Waals surface area contributed by atoms with E-state index in [4.69, 9.17) is 0 Å². The van der Waals surface area contributed by atoms with Gasteiger partial charge in [-0.2, -0.15) is 0 Å². The van der Waals surface area contributed by atoms with Crippen molar-refractivity contribution < 1.29 is 0 Å². The maximum atomic E-state index is 3.71. The van der Waals surface area contributed by atoms with E-state index in [0.717, 1.165) is 23.8 Å². The van der Waals surface area contributed by atoms with Crippen molar-refractivity contribution in [3.05, 3.63) is 0 Å². The molecule has 0 spiro atoms. The highest BCUT2D eigenvalue weighted by Gasteiger charge is 2.32. The standard InChI is InChI=1S/C15H29N/c1-3-10-16-15-9-8-14(11-15)13-6-4-12(2)5-7-13/h12-16H,3-11H2,1-2H3. The van der Waals surface area contributed by atoms with E-state index in [2.05, 4.69) is 19.2 Å². The summed E-state index contributed by atoms with van der Waals surface area (Å²) in [5, 5.41) is 3.71. The fraction of sp³-hybridized carbons (Fsp3) is 1.00. The molecule has 2 atom stereocenters. The molecule has 1 nitrogen and oxygen atoms in total. The Balaban J connectivity index is 1.71. The predicted molar refractivity (Wildman–Crippen MR) is 70.5 cm³/mol. The smallest absolute Gasteiger partial charge is 0.00699 e.